The van der Waals surface area contributed by atoms with E-state index in [1.165, 1.54) is 5.56 Å². The van der Waals surface area contributed by atoms with Crippen LogP contribution in [0.5, 0.6) is 0 Å². The van der Waals surface area contributed by atoms with Gasteiger partial charge in [-0.3, -0.25) is 10.2 Å². The van der Waals surface area contributed by atoms with Crippen LogP contribution in [0.15, 0.2) is 24.3 Å². The van der Waals surface area contributed by atoms with E-state index >= 15 is 0 Å². The first kappa shape index (κ1) is 12.4. The monoisotopic (exact) mass is 252 g/mol. The van der Waals surface area contributed by atoms with E-state index in [2.05, 4.69) is 23.8 Å². The second-order valence-electron chi connectivity index (χ2n) is 4.46. The van der Waals surface area contributed by atoms with E-state index in [-0.39, 0.29) is 11.8 Å². The average molecular weight is 253 g/mol. The maximum atomic E-state index is 12.1. The topological polar surface area (TPSA) is 41.1 Å². The SMILES string of the molecule is CC1Cc2ccccc2C1C(=O)NNCCCl. The summed E-state index contributed by atoms with van der Waals surface area (Å²) in [6, 6.07) is 8.16. The third-order valence-electron chi connectivity index (χ3n) is 3.21. The van der Waals surface area contributed by atoms with Crippen molar-refractivity contribution in [3.63, 3.8) is 0 Å². The number of carbonyl (C=O) groups is 1. The molecule has 0 bridgehead atoms. The molecule has 0 aliphatic heterocycles. The Morgan fingerprint density at radius 1 is 1.47 bits per heavy atom. The molecule has 1 aromatic rings. The molecule has 2 atom stereocenters. The molecule has 92 valence electrons. The van der Waals surface area contributed by atoms with Crippen molar-refractivity contribution in [3.05, 3.63) is 35.4 Å². The molecule has 1 aliphatic carbocycles. The number of amides is 1. The molecule has 0 saturated carbocycles. The van der Waals surface area contributed by atoms with Crippen molar-refractivity contribution in [2.75, 3.05) is 12.4 Å². The van der Waals surface area contributed by atoms with Crippen LogP contribution in [0, 0.1) is 5.92 Å². The number of fused-ring (bicyclic) bond motifs is 1. The van der Waals surface area contributed by atoms with Crippen LogP contribution >= 0.6 is 11.6 Å². The minimum atomic E-state index is -0.0472. The van der Waals surface area contributed by atoms with Gasteiger partial charge in [0, 0.05) is 12.4 Å². The fourth-order valence-corrected chi connectivity index (χ4v) is 2.56. The maximum Gasteiger partial charge on any atom is 0.241 e. The first-order valence-corrected chi connectivity index (χ1v) is 6.44. The van der Waals surface area contributed by atoms with Gasteiger partial charge in [-0.05, 0) is 23.5 Å². The van der Waals surface area contributed by atoms with Gasteiger partial charge in [-0.25, -0.2) is 5.43 Å². The largest absolute Gasteiger partial charge is 0.291 e. The Kier molecular flexibility index (Phi) is 4.02. The van der Waals surface area contributed by atoms with E-state index in [4.69, 9.17) is 11.6 Å². The van der Waals surface area contributed by atoms with Gasteiger partial charge in [-0.2, -0.15) is 0 Å². The van der Waals surface area contributed by atoms with Gasteiger partial charge in [0.15, 0.2) is 0 Å². The summed E-state index contributed by atoms with van der Waals surface area (Å²) in [6.45, 7) is 2.70. The summed E-state index contributed by atoms with van der Waals surface area (Å²) in [4.78, 5) is 12.1. The van der Waals surface area contributed by atoms with E-state index in [0.29, 0.717) is 18.3 Å². The summed E-state index contributed by atoms with van der Waals surface area (Å²) in [5.74, 6) is 0.823. The highest BCUT2D eigenvalue weighted by molar-refractivity contribution is 6.18. The van der Waals surface area contributed by atoms with Crippen LogP contribution in [-0.2, 0) is 11.2 Å². The lowest BCUT2D eigenvalue weighted by atomic mass is 9.93. The summed E-state index contributed by atoms with van der Waals surface area (Å²) in [6.07, 6.45) is 0.976. The number of hydrogen-bond acceptors (Lipinski definition) is 2. The van der Waals surface area contributed by atoms with E-state index in [1.54, 1.807) is 0 Å². The van der Waals surface area contributed by atoms with Gasteiger partial charge in [0.2, 0.25) is 5.91 Å². The minimum Gasteiger partial charge on any atom is -0.291 e. The Morgan fingerprint density at radius 3 is 3.00 bits per heavy atom. The quantitative estimate of drug-likeness (QED) is 0.488. The van der Waals surface area contributed by atoms with Crippen molar-refractivity contribution in [1.82, 2.24) is 10.9 Å². The van der Waals surface area contributed by atoms with E-state index < -0.39 is 0 Å². The van der Waals surface area contributed by atoms with Gasteiger partial charge in [-0.1, -0.05) is 31.2 Å². The number of benzene rings is 1. The van der Waals surface area contributed by atoms with Gasteiger partial charge < -0.3 is 0 Å². The van der Waals surface area contributed by atoms with Crippen molar-refractivity contribution in [2.45, 2.75) is 19.3 Å². The van der Waals surface area contributed by atoms with Gasteiger partial charge in [0.05, 0.1) is 5.92 Å². The average Bonchev–Trinajstić information content (AvgIpc) is 2.65. The lowest BCUT2D eigenvalue weighted by molar-refractivity contribution is -0.124. The first-order chi connectivity index (χ1) is 8.24. The van der Waals surface area contributed by atoms with Crippen molar-refractivity contribution in [2.24, 2.45) is 5.92 Å². The summed E-state index contributed by atoms with van der Waals surface area (Å²) in [5, 5.41) is 0. The molecule has 2 unspecified atom stereocenters. The van der Waals surface area contributed by atoms with Gasteiger partial charge in [-0.15, -0.1) is 11.6 Å². The minimum absolute atomic E-state index is 0.0348. The van der Waals surface area contributed by atoms with Crippen molar-refractivity contribution in [1.29, 1.82) is 0 Å². The Morgan fingerprint density at radius 2 is 2.24 bits per heavy atom. The number of hydrogen-bond donors (Lipinski definition) is 2. The molecule has 0 aromatic heterocycles. The Balaban J connectivity index is 2.08. The predicted octanol–water partition coefficient (Wildman–Crippen LogP) is 1.82. The zero-order valence-corrected chi connectivity index (χ0v) is 10.6. The van der Waals surface area contributed by atoms with Crippen molar-refractivity contribution >= 4 is 17.5 Å². The molecule has 0 radical (unpaired) electrons. The molecule has 1 aromatic carbocycles. The number of carbonyl (C=O) groups excluding carboxylic acids is 1. The van der Waals surface area contributed by atoms with Crippen LogP contribution in [0.1, 0.15) is 24.0 Å². The van der Waals surface area contributed by atoms with Crippen molar-refractivity contribution in [3.8, 4) is 0 Å². The molecule has 0 fully saturated rings. The van der Waals surface area contributed by atoms with Crippen LogP contribution in [0.3, 0.4) is 0 Å². The highest BCUT2D eigenvalue weighted by atomic mass is 35.5. The summed E-state index contributed by atoms with van der Waals surface area (Å²) in [7, 11) is 0. The lowest BCUT2D eigenvalue weighted by Gasteiger charge is -2.16. The van der Waals surface area contributed by atoms with Gasteiger partial charge in [0.1, 0.15) is 0 Å². The zero-order valence-electron chi connectivity index (χ0n) is 9.87. The Labute approximate surface area is 107 Å². The van der Waals surface area contributed by atoms with E-state index in [9.17, 15) is 4.79 Å². The van der Waals surface area contributed by atoms with Gasteiger partial charge in [0.25, 0.3) is 0 Å². The first-order valence-electron chi connectivity index (χ1n) is 5.90. The van der Waals surface area contributed by atoms with E-state index in [0.717, 1.165) is 12.0 Å². The van der Waals surface area contributed by atoms with Crippen LogP contribution < -0.4 is 10.9 Å². The molecule has 0 heterocycles. The number of rotatable bonds is 4. The molecule has 17 heavy (non-hydrogen) atoms. The van der Waals surface area contributed by atoms with Crippen LogP contribution in [0.25, 0.3) is 0 Å². The predicted molar refractivity (Wildman–Crippen MR) is 68.9 cm³/mol. The molecule has 3 nitrogen and oxygen atoms in total. The molecule has 2 N–H and O–H groups in total. The molecule has 0 saturated heterocycles. The fourth-order valence-electron chi connectivity index (χ4n) is 2.47. The number of halogens is 1. The van der Waals surface area contributed by atoms with Crippen LogP contribution in [-0.4, -0.2) is 18.3 Å². The van der Waals surface area contributed by atoms with Gasteiger partial charge >= 0.3 is 0 Å². The van der Waals surface area contributed by atoms with Crippen molar-refractivity contribution < 1.29 is 4.79 Å². The summed E-state index contributed by atoms with van der Waals surface area (Å²) in [5.41, 5.74) is 8.00. The highest BCUT2D eigenvalue weighted by Crippen LogP contribution is 2.37. The molecular formula is C13H17ClN2O. The standard InChI is InChI=1S/C13H17ClN2O/c1-9-8-10-4-2-3-5-11(10)12(9)13(17)16-15-7-6-14/h2-5,9,12,15H,6-8H2,1H3,(H,16,17). The fraction of sp³-hybridized carbons (Fsp3) is 0.462. The number of alkyl halides is 1. The molecule has 4 heteroatoms. The number of hydrazine groups is 1. The molecule has 1 aliphatic rings. The Hall–Kier alpha value is -1.06. The third kappa shape index (κ3) is 2.61. The van der Waals surface area contributed by atoms with Crippen LogP contribution in [0.2, 0.25) is 0 Å². The van der Waals surface area contributed by atoms with Crippen LogP contribution in [0.4, 0.5) is 0 Å². The normalized spacial score (nSPS) is 22.2. The highest BCUT2D eigenvalue weighted by Gasteiger charge is 2.34. The second kappa shape index (κ2) is 5.52. The molecular weight excluding hydrogens is 236 g/mol. The zero-order chi connectivity index (χ0) is 12.3. The second-order valence-corrected chi connectivity index (χ2v) is 4.84. The summed E-state index contributed by atoms with van der Waals surface area (Å²) >= 11 is 5.54. The smallest absolute Gasteiger partial charge is 0.241 e. The van der Waals surface area contributed by atoms with E-state index in [1.807, 2.05) is 18.2 Å². The maximum absolute atomic E-state index is 12.1. The lowest BCUT2D eigenvalue weighted by Crippen LogP contribution is -2.42. The Bertz CT molecular complexity index is 408. The summed E-state index contributed by atoms with van der Waals surface area (Å²) < 4.78 is 0. The molecule has 2 rings (SSSR count). The third-order valence-corrected chi connectivity index (χ3v) is 3.40. The molecule has 1 amide bonds. The molecule has 0 spiro atoms. The number of nitrogens with one attached hydrogen (secondary N) is 2.